The third-order valence-electron chi connectivity index (χ3n) is 5.30. The number of nitrogens with zero attached hydrogens (tertiary/aromatic N) is 3. The van der Waals surface area contributed by atoms with Gasteiger partial charge in [-0.05, 0) is 40.4 Å². The van der Waals surface area contributed by atoms with E-state index in [4.69, 9.17) is 0 Å². The van der Waals surface area contributed by atoms with Gasteiger partial charge in [0.15, 0.2) is 5.16 Å². The second-order valence-electron chi connectivity index (χ2n) is 7.17. The number of amides is 1. The SMILES string of the molecule is O=C(CSc1nccn1Cc1ccccc1)N1CCc2sccc2C1c1cccs1. The van der Waals surface area contributed by atoms with Gasteiger partial charge < -0.3 is 9.47 Å². The van der Waals surface area contributed by atoms with Crippen molar-refractivity contribution < 1.29 is 4.79 Å². The first-order valence-electron chi connectivity index (χ1n) is 9.86. The standard InChI is InChI=1S/C23H21N3OS3/c27-21(16-30-23-24-10-12-25(23)15-17-5-2-1-3-6-17)26-11-8-19-18(9-14-29-19)22(26)20-7-4-13-28-20/h1-7,9-10,12-14,22H,8,11,15-16H2. The molecule has 0 spiro atoms. The molecule has 1 unspecified atom stereocenters. The summed E-state index contributed by atoms with van der Waals surface area (Å²) in [5.41, 5.74) is 2.51. The molecule has 4 heterocycles. The third-order valence-corrected chi connectivity index (χ3v) is 8.21. The van der Waals surface area contributed by atoms with Crippen molar-refractivity contribution in [3.63, 3.8) is 0 Å². The van der Waals surface area contributed by atoms with E-state index < -0.39 is 0 Å². The van der Waals surface area contributed by atoms with Crippen LogP contribution in [0.25, 0.3) is 0 Å². The normalized spacial score (nSPS) is 15.9. The Morgan fingerprint density at radius 1 is 1.10 bits per heavy atom. The van der Waals surface area contributed by atoms with Crippen molar-refractivity contribution in [2.45, 2.75) is 24.2 Å². The molecule has 0 fully saturated rings. The maximum atomic E-state index is 13.3. The number of fused-ring (bicyclic) bond motifs is 1. The Morgan fingerprint density at radius 3 is 2.83 bits per heavy atom. The van der Waals surface area contributed by atoms with Crippen LogP contribution in [0.1, 0.15) is 26.9 Å². The number of thiophene rings is 2. The van der Waals surface area contributed by atoms with Crippen LogP contribution in [0.2, 0.25) is 0 Å². The predicted octanol–water partition coefficient (Wildman–Crippen LogP) is 5.32. The topological polar surface area (TPSA) is 38.1 Å². The monoisotopic (exact) mass is 451 g/mol. The first-order valence-corrected chi connectivity index (χ1v) is 12.6. The molecule has 1 amide bonds. The molecule has 152 valence electrons. The van der Waals surface area contributed by atoms with Gasteiger partial charge in [-0.15, -0.1) is 22.7 Å². The highest BCUT2D eigenvalue weighted by Gasteiger charge is 2.33. The summed E-state index contributed by atoms with van der Waals surface area (Å²) in [5, 5.41) is 5.12. The predicted molar refractivity (Wildman–Crippen MR) is 124 cm³/mol. The van der Waals surface area contributed by atoms with Crippen LogP contribution in [-0.2, 0) is 17.8 Å². The molecule has 4 aromatic rings. The van der Waals surface area contributed by atoms with Gasteiger partial charge in [0, 0.05) is 35.2 Å². The Balaban J connectivity index is 1.31. The fraction of sp³-hybridized carbons (Fsp3) is 0.217. The molecule has 5 rings (SSSR count). The van der Waals surface area contributed by atoms with Crippen molar-refractivity contribution >= 4 is 40.3 Å². The van der Waals surface area contributed by atoms with Crippen molar-refractivity contribution in [3.8, 4) is 0 Å². The number of hydrogen-bond acceptors (Lipinski definition) is 5. The zero-order valence-electron chi connectivity index (χ0n) is 16.3. The minimum atomic E-state index is 0.0390. The Hall–Kier alpha value is -2.35. The van der Waals surface area contributed by atoms with Gasteiger partial charge >= 0.3 is 0 Å². The molecule has 0 radical (unpaired) electrons. The van der Waals surface area contributed by atoms with E-state index >= 15 is 0 Å². The average Bonchev–Trinajstić information content (AvgIpc) is 3.53. The molecule has 0 bridgehead atoms. The molecule has 1 aliphatic heterocycles. The van der Waals surface area contributed by atoms with Crippen LogP contribution < -0.4 is 0 Å². The van der Waals surface area contributed by atoms with Gasteiger partial charge in [0.05, 0.1) is 11.8 Å². The van der Waals surface area contributed by atoms with Gasteiger partial charge in [-0.1, -0.05) is 48.2 Å². The van der Waals surface area contributed by atoms with Crippen LogP contribution in [0, 0.1) is 0 Å². The second-order valence-corrected chi connectivity index (χ2v) is 10.1. The van der Waals surface area contributed by atoms with E-state index in [-0.39, 0.29) is 11.9 Å². The van der Waals surface area contributed by atoms with Crippen molar-refractivity contribution in [2.24, 2.45) is 0 Å². The van der Waals surface area contributed by atoms with Crippen molar-refractivity contribution in [3.05, 3.63) is 92.6 Å². The number of carbonyl (C=O) groups excluding carboxylic acids is 1. The summed E-state index contributed by atoms with van der Waals surface area (Å²) in [4.78, 5) is 22.5. The molecular weight excluding hydrogens is 430 g/mol. The summed E-state index contributed by atoms with van der Waals surface area (Å²) in [6.45, 7) is 1.53. The third kappa shape index (κ3) is 3.97. The number of imidazole rings is 1. The number of aromatic nitrogens is 2. The Morgan fingerprint density at radius 2 is 2.00 bits per heavy atom. The van der Waals surface area contributed by atoms with Crippen LogP contribution in [0.4, 0.5) is 0 Å². The average molecular weight is 452 g/mol. The van der Waals surface area contributed by atoms with E-state index in [0.29, 0.717) is 5.75 Å². The number of thioether (sulfide) groups is 1. The molecule has 4 nitrogen and oxygen atoms in total. The first kappa shape index (κ1) is 19.6. The molecule has 3 aromatic heterocycles. The fourth-order valence-corrected chi connectivity index (χ4v) is 6.49. The largest absolute Gasteiger partial charge is 0.330 e. The van der Waals surface area contributed by atoms with E-state index in [9.17, 15) is 4.79 Å². The van der Waals surface area contributed by atoms with Crippen molar-refractivity contribution in [1.29, 1.82) is 0 Å². The smallest absolute Gasteiger partial charge is 0.233 e. The number of rotatable bonds is 6. The summed E-state index contributed by atoms with van der Waals surface area (Å²) in [5.74, 6) is 0.567. The van der Waals surface area contributed by atoms with Crippen molar-refractivity contribution in [1.82, 2.24) is 14.5 Å². The molecule has 0 aliphatic carbocycles. The van der Waals surface area contributed by atoms with Crippen LogP contribution >= 0.6 is 34.4 Å². The van der Waals surface area contributed by atoms with Crippen LogP contribution in [-0.4, -0.2) is 32.7 Å². The van der Waals surface area contributed by atoms with Gasteiger partial charge in [-0.25, -0.2) is 4.98 Å². The molecule has 1 atom stereocenters. The number of hydrogen-bond donors (Lipinski definition) is 0. The summed E-state index contributed by atoms with van der Waals surface area (Å²) in [7, 11) is 0. The van der Waals surface area contributed by atoms with Crippen molar-refractivity contribution in [2.75, 3.05) is 12.3 Å². The zero-order valence-corrected chi connectivity index (χ0v) is 18.8. The lowest BCUT2D eigenvalue weighted by Gasteiger charge is -2.35. The highest BCUT2D eigenvalue weighted by molar-refractivity contribution is 7.99. The molecule has 0 saturated carbocycles. The van der Waals surface area contributed by atoms with Gasteiger partial charge in [0.2, 0.25) is 5.91 Å². The van der Waals surface area contributed by atoms with Gasteiger partial charge in [0.1, 0.15) is 0 Å². The van der Waals surface area contributed by atoms with E-state index in [0.717, 1.165) is 24.7 Å². The number of carbonyl (C=O) groups is 1. The summed E-state index contributed by atoms with van der Waals surface area (Å²) >= 11 is 5.05. The molecule has 7 heteroatoms. The maximum absolute atomic E-state index is 13.3. The molecule has 1 aliphatic rings. The van der Waals surface area contributed by atoms with Crippen LogP contribution in [0.3, 0.4) is 0 Å². The van der Waals surface area contributed by atoms with Gasteiger partial charge in [0.25, 0.3) is 0 Å². The highest BCUT2D eigenvalue weighted by Crippen LogP contribution is 2.39. The van der Waals surface area contributed by atoms with E-state index in [1.807, 2.05) is 30.6 Å². The molecule has 1 aromatic carbocycles. The van der Waals surface area contributed by atoms with Gasteiger partial charge in [-0.3, -0.25) is 4.79 Å². The highest BCUT2D eigenvalue weighted by atomic mass is 32.2. The second kappa shape index (κ2) is 8.79. The minimum Gasteiger partial charge on any atom is -0.330 e. The number of benzene rings is 1. The summed E-state index contributed by atoms with van der Waals surface area (Å²) in [6.07, 6.45) is 4.73. The quantitative estimate of drug-likeness (QED) is 0.372. The molecule has 0 saturated heterocycles. The molecular formula is C23H21N3OS3. The van der Waals surface area contributed by atoms with E-state index in [1.54, 1.807) is 22.7 Å². The molecule has 0 N–H and O–H groups in total. The lowest BCUT2D eigenvalue weighted by molar-refractivity contribution is -0.130. The van der Waals surface area contributed by atoms with Crippen LogP contribution in [0.15, 0.2) is 76.8 Å². The summed E-state index contributed by atoms with van der Waals surface area (Å²) < 4.78 is 2.11. The Labute approximate surface area is 188 Å². The lowest BCUT2D eigenvalue weighted by Crippen LogP contribution is -2.40. The fourth-order valence-electron chi connectivity index (χ4n) is 3.88. The minimum absolute atomic E-state index is 0.0390. The van der Waals surface area contributed by atoms with Gasteiger partial charge in [-0.2, -0.15) is 0 Å². The Bertz CT molecular complexity index is 1120. The Kier molecular flexibility index (Phi) is 5.75. The van der Waals surface area contributed by atoms with E-state index in [2.05, 4.69) is 55.5 Å². The lowest BCUT2D eigenvalue weighted by atomic mass is 9.98. The zero-order chi connectivity index (χ0) is 20.3. The maximum Gasteiger partial charge on any atom is 0.233 e. The first-order chi connectivity index (χ1) is 14.8. The summed E-state index contributed by atoms with van der Waals surface area (Å²) in [6, 6.07) is 16.8. The molecule has 30 heavy (non-hydrogen) atoms. The van der Waals surface area contributed by atoms with E-state index in [1.165, 1.54) is 32.6 Å². The van der Waals surface area contributed by atoms with Crippen LogP contribution in [0.5, 0.6) is 0 Å².